The SMILES string of the molecule is Cl.O=C([C@@H](Cc1ccc(Cl)cc1)NC1CCC(N2CCOC2=O)CC1)N1CCC(Cn2cncn2)(C2CCCCC2)CC1. The van der Waals surface area contributed by atoms with E-state index in [4.69, 9.17) is 16.3 Å². The highest BCUT2D eigenvalue weighted by Crippen LogP contribution is 2.47. The Balaban J connectivity index is 0.00000368. The van der Waals surface area contributed by atoms with Gasteiger partial charge in [-0.15, -0.1) is 12.4 Å². The van der Waals surface area contributed by atoms with E-state index in [9.17, 15) is 9.59 Å². The molecule has 1 aromatic heterocycles. The number of nitrogens with zero attached hydrogens (tertiary/aromatic N) is 5. The summed E-state index contributed by atoms with van der Waals surface area (Å²) in [6.07, 6.45) is 16.2. The molecular formula is C32H46Cl2N6O3. The fourth-order valence-corrected chi connectivity index (χ4v) is 8.22. The number of carbonyl (C=O) groups excluding carboxylic acids is 2. The third-order valence-corrected chi connectivity index (χ3v) is 10.8. The van der Waals surface area contributed by atoms with Gasteiger partial charge in [0.15, 0.2) is 0 Å². The second kappa shape index (κ2) is 14.6. The molecule has 0 spiro atoms. The summed E-state index contributed by atoms with van der Waals surface area (Å²) in [6, 6.07) is 8.07. The van der Waals surface area contributed by atoms with E-state index in [1.54, 1.807) is 6.33 Å². The zero-order chi connectivity index (χ0) is 28.9. The Morgan fingerprint density at radius 2 is 1.74 bits per heavy atom. The van der Waals surface area contributed by atoms with Crippen molar-refractivity contribution >= 4 is 36.0 Å². The van der Waals surface area contributed by atoms with Gasteiger partial charge in [-0.2, -0.15) is 5.10 Å². The Labute approximate surface area is 266 Å². The molecule has 4 fully saturated rings. The number of carbonyl (C=O) groups is 2. The maximum atomic E-state index is 14.2. The van der Waals surface area contributed by atoms with Crippen LogP contribution in [0.1, 0.15) is 76.2 Å². The van der Waals surface area contributed by atoms with E-state index < -0.39 is 0 Å². The van der Waals surface area contributed by atoms with Crippen molar-refractivity contribution < 1.29 is 14.3 Å². The second-order valence-electron chi connectivity index (χ2n) is 13.0. The number of aromatic nitrogens is 3. The molecule has 11 heteroatoms. The van der Waals surface area contributed by atoms with Crippen LogP contribution < -0.4 is 5.32 Å². The van der Waals surface area contributed by atoms with Crippen molar-refractivity contribution in [3.05, 3.63) is 47.5 Å². The highest BCUT2D eigenvalue weighted by Gasteiger charge is 2.44. The van der Waals surface area contributed by atoms with Gasteiger partial charge in [0, 0.05) is 36.7 Å². The lowest BCUT2D eigenvalue weighted by molar-refractivity contribution is -0.137. The van der Waals surface area contributed by atoms with Crippen LogP contribution in [0.4, 0.5) is 4.79 Å². The second-order valence-corrected chi connectivity index (χ2v) is 13.4. The van der Waals surface area contributed by atoms with Gasteiger partial charge >= 0.3 is 6.09 Å². The average molecular weight is 634 g/mol. The number of nitrogens with one attached hydrogen (secondary N) is 1. The number of hydrogen-bond donors (Lipinski definition) is 1. The minimum Gasteiger partial charge on any atom is -0.448 e. The minimum absolute atomic E-state index is 0. The van der Waals surface area contributed by atoms with Crippen molar-refractivity contribution in [3.8, 4) is 0 Å². The number of hydrogen-bond acceptors (Lipinski definition) is 6. The summed E-state index contributed by atoms with van der Waals surface area (Å²) >= 11 is 6.17. The number of ether oxygens (including phenoxy) is 1. The highest BCUT2D eigenvalue weighted by molar-refractivity contribution is 6.30. The quantitative estimate of drug-likeness (QED) is 0.392. The van der Waals surface area contributed by atoms with Gasteiger partial charge in [-0.3, -0.25) is 9.48 Å². The van der Waals surface area contributed by atoms with Gasteiger partial charge in [-0.1, -0.05) is 43.0 Å². The van der Waals surface area contributed by atoms with Gasteiger partial charge in [-0.05, 0) is 86.8 Å². The van der Waals surface area contributed by atoms with Gasteiger partial charge < -0.3 is 19.9 Å². The van der Waals surface area contributed by atoms with Crippen molar-refractivity contribution in [2.24, 2.45) is 11.3 Å². The third-order valence-electron chi connectivity index (χ3n) is 10.5. The lowest BCUT2D eigenvalue weighted by Gasteiger charge is -2.48. The zero-order valence-electron chi connectivity index (χ0n) is 25.0. The number of benzene rings is 1. The molecule has 2 aliphatic carbocycles. The van der Waals surface area contributed by atoms with Crippen molar-refractivity contribution in [2.75, 3.05) is 26.2 Å². The molecule has 6 rings (SSSR count). The van der Waals surface area contributed by atoms with Gasteiger partial charge in [0.1, 0.15) is 19.3 Å². The van der Waals surface area contributed by atoms with Crippen molar-refractivity contribution in [3.63, 3.8) is 0 Å². The average Bonchev–Trinajstić information content (AvgIpc) is 3.70. The predicted octanol–water partition coefficient (Wildman–Crippen LogP) is 5.51. The van der Waals surface area contributed by atoms with Crippen LogP contribution in [0.3, 0.4) is 0 Å². The molecule has 1 atom stereocenters. The van der Waals surface area contributed by atoms with Gasteiger partial charge in [0.2, 0.25) is 5.91 Å². The van der Waals surface area contributed by atoms with E-state index in [2.05, 4.69) is 20.3 Å². The lowest BCUT2D eigenvalue weighted by atomic mass is 9.63. The monoisotopic (exact) mass is 632 g/mol. The normalized spacial score (nSPS) is 25.2. The van der Waals surface area contributed by atoms with Crippen LogP contribution >= 0.6 is 24.0 Å². The van der Waals surface area contributed by atoms with Crippen molar-refractivity contribution in [1.29, 1.82) is 0 Å². The summed E-state index contributed by atoms with van der Waals surface area (Å²) in [5.41, 5.74) is 1.28. The molecule has 236 valence electrons. The summed E-state index contributed by atoms with van der Waals surface area (Å²) in [5, 5.41) is 8.94. The largest absolute Gasteiger partial charge is 0.448 e. The molecule has 43 heavy (non-hydrogen) atoms. The first-order valence-electron chi connectivity index (χ1n) is 16.0. The molecule has 1 N–H and O–H groups in total. The number of rotatable bonds is 9. The predicted molar refractivity (Wildman–Crippen MR) is 168 cm³/mol. The summed E-state index contributed by atoms with van der Waals surface area (Å²) in [6.45, 7) is 3.64. The smallest absolute Gasteiger partial charge is 0.410 e. The van der Waals surface area contributed by atoms with E-state index in [1.165, 1.54) is 32.1 Å². The van der Waals surface area contributed by atoms with Crippen molar-refractivity contribution in [1.82, 2.24) is 29.9 Å². The van der Waals surface area contributed by atoms with Crippen LogP contribution in [0, 0.1) is 11.3 Å². The van der Waals surface area contributed by atoms with Gasteiger partial charge in [0.05, 0.1) is 12.6 Å². The first kappa shape index (κ1) is 32.0. The molecule has 1 aromatic carbocycles. The Morgan fingerprint density at radius 1 is 1.02 bits per heavy atom. The molecule has 0 radical (unpaired) electrons. The lowest BCUT2D eigenvalue weighted by Crippen LogP contribution is -2.56. The van der Waals surface area contributed by atoms with Crippen LogP contribution in [0.25, 0.3) is 0 Å². The Kier molecular flexibility index (Phi) is 10.9. The van der Waals surface area contributed by atoms with E-state index >= 15 is 0 Å². The minimum atomic E-state index is -0.290. The maximum absolute atomic E-state index is 14.2. The van der Waals surface area contributed by atoms with Crippen molar-refractivity contribution in [2.45, 2.75) is 102 Å². The number of likely N-dealkylation sites (tertiary alicyclic amines) is 1. The maximum Gasteiger partial charge on any atom is 0.410 e. The molecule has 2 aliphatic heterocycles. The molecule has 0 bridgehead atoms. The Morgan fingerprint density at radius 3 is 2.37 bits per heavy atom. The number of amides is 2. The standard InChI is InChI=1S/C32H45ClN6O3.ClH/c33-26-8-6-24(7-9-26)20-29(36-27-10-12-28(13-11-27)39-18-19-42-31(39)41)30(40)37-16-14-32(15-17-37,21-38-23-34-22-35-38)25-4-2-1-3-5-25;/h6-9,22-23,25,27-29,36H,1-5,10-21H2;1H/t27?,28?,29-;/m1./s1. The van der Waals surface area contributed by atoms with E-state index in [0.29, 0.717) is 30.5 Å². The molecule has 0 unspecified atom stereocenters. The van der Waals surface area contributed by atoms with Crippen LogP contribution in [-0.4, -0.2) is 80.9 Å². The van der Waals surface area contributed by atoms with E-state index in [-0.39, 0.29) is 47.9 Å². The molecule has 2 saturated heterocycles. The topological polar surface area (TPSA) is 92.6 Å². The third kappa shape index (κ3) is 7.66. The van der Waals surface area contributed by atoms with Gasteiger partial charge in [0.25, 0.3) is 0 Å². The molecule has 2 saturated carbocycles. The summed E-state index contributed by atoms with van der Waals surface area (Å²) in [4.78, 5) is 34.5. The van der Waals surface area contributed by atoms with Crippen LogP contribution in [0.15, 0.2) is 36.9 Å². The highest BCUT2D eigenvalue weighted by atomic mass is 35.5. The summed E-state index contributed by atoms with van der Waals surface area (Å²) in [5.74, 6) is 0.881. The molecule has 3 heterocycles. The van der Waals surface area contributed by atoms with Gasteiger partial charge in [-0.25, -0.2) is 9.78 Å². The van der Waals surface area contributed by atoms with E-state index in [1.807, 2.05) is 40.2 Å². The summed E-state index contributed by atoms with van der Waals surface area (Å²) in [7, 11) is 0. The van der Waals surface area contributed by atoms with E-state index in [0.717, 1.165) is 63.7 Å². The number of halogens is 2. The van der Waals surface area contributed by atoms with Crippen LogP contribution in [0.2, 0.25) is 5.02 Å². The molecular weight excluding hydrogens is 587 g/mol. The Bertz CT molecular complexity index is 1170. The van der Waals surface area contributed by atoms with Crippen LogP contribution in [0.5, 0.6) is 0 Å². The Hall–Kier alpha value is -2.36. The van der Waals surface area contributed by atoms with Crippen LogP contribution in [-0.2, 0) is 22.5 Å². The molecule has 2 aromatic rings. The fourth-order valence-electron chi connectivity index (χ4n) is 8.09. The number of piperidine rings is 1. The first-order chi connectivity index (χ1) is 20.5. The molecule has 9 nitrogen and oxygen atoms in total. The summed E-state index contributed by atoms with van der Waals surface area (Å²) < 4.78 is 7.18. The zero-order valence-corrected chi connectivity index (χ0v) is 26.6. The number of cyclic esters (lactones) is 1. The molecule has 2 amide bonds. The first-order valence-corrected chi connectivity index (χ1v) is 16.4. The fraction of sp³-hybridized carbons (Fsp3) is 0.688. The molecule has 4 aliphatic rings.